The second kappa shape index (κ2) is 4.68. The zero-order valence-electron chi connectivity index (χ0n) is 9.25. The van der Waals surface area contributed by atoms with Gasteiger partial charge in [-0.05, 0) is 25.6 Å². The molecule has 1 heterocycles. The molecule has 1 aromatic carbocycles. The van der Waals surface area contributed by atoms with E-state index in [4.69, 9.17) is 16.0 Å². The van der Waals surface area contributed by atoms with E-state index in [2.05, 4.69) is 10.3 Å². The summed E-state index contributed by atoms with van der Waals surface area (Å²) >= 11 is 6.06. The van der Waals surface area contributed by atoms with Crippen molar-refractivity contribution in [1.82, 2.24) is 10.3 Å². The number of benzene rings is 1. The van der Waals surface area contributed by atoms with E-state index in [1.54, 1.807) is 6.20 Å². The van der Waals surface area contributed by atoms with Crippen LogP contribution in [0.15, 0.2) is 28.8 Å². The van der Waals surface area contributed by atoms with E-state index in [0.717, 1.165) is 21.9 Å². The first-order valence-corrected chi connectivity index (χ1v) is 5.44. The Morgan fingerprint density at radius 3 is 2.94 bits per heavy atom. The van der Waals surface area contributed by atoms with E-state index in [9.17, 15) is 0 Å². The van der Waals surface area contributed by atoms with Crippen molar-refractivity contribution in [3.05, 3.63) is 40.9 Å². The summed E-state index contributed by atoms with van der Waals surface area (Å²) in [5, 5.41) is 3.73. The fourth-order valence-corrected chi connectivity index (χ4v) is 1.60. The second-order valence-corrected chi connectivity index (χ2v) is 4.02. The number of hydrogen-bond acceptors (Lipinski definition) is 3. The molecule has 0 atom stereocenters. The van der Waals surface area contributed by atoms with Gasteiger partial charge in [-0.1, -0.05) is 23.7 Å². The molecule has 1 N–H and O–H groups in total. The Bertz CT molecular complexity index is 494. The third-order valence-electron chi connectivity index (χ3n) is 2.34. The van der Waals surface area contributed by atoms with Crippen LogP contribution in [0.25, 0.3) is 11.3 Å². The number of oxazole rings is 1. The average molecular weight is 237 g/mol. The van der Waals surface area contributed by atoms with E-state index in [0.29, 0.717) is 12.4 Å². The highest BCUT2D eigenvalue weighted by Crippen LogP contribution is 2.25. The molecule has 0 aliphatic heterocycles. The van der Waals surface area contributed by atoms with E-state index in [1.807, 2.05) is 32.2 Å². The lowest BCUT2D eigenvalue weighted by Gasteiger charge is -2.00. The normalized spacial score (nSPS) is 10.7. The van der Waals surface area contributed by atoms with Gasteiger partial charge in [0.05, 0.1) is 12.7 Å². The molecule has 2 rings (SSSR count). The Balaban J connectivity index is 2.31. The quantitative estimate of drug-likeness (QED) is 0.890. The van der Waals surface area contributed by atoms with Gasteiger partial charge in [0.1, 0.15) is 0 Å². The van der Waals surface area contributed by atoms with E-state index < -0.39 is 0 Å². The molecular weight excluding hydrogens is 224 g/mol. The lowest BCUT2D eigenvalue weighted by atomic mass is 10.1. The van der Waals surface area contributed by atoms with Crippen LogP contribution in [0.5, 0.6) is 0 Å². The van der Waals surface area contributed by atoms with Crippen molar-refractivity contribution < 1.29 is 4.42 Å². The van der Waals surface area contributed by atoms with Crippen molar-refractivity contribution in [2.24, 2.45) is 0 Å². The Labute approximate surface area is 99.5 Å². The summed E-state index contributed by atoms with van der Waals surface area (Å²) in [6, 6.07) is 5.84. The molecular formula is C12H13ClN2O. The molecule has 0 unspecified atom stereocenters. The number of nitrogens with one attached hydrogen (secondary N) is 1. The first kappa shape index (κ1) is 11.2. The number of aryl methyl sites for hydroxylation is 1. The minimum Gasteiger partial charge on any atom is -0.439 e. The van der Waals surface area contributed by atoms with E-state index in [-0.39, 0.29) is 0 Å². The maximum Gasteiger partial charge on any atom is 0.208 e. The summed E-state index contributed by atoms with van der Waals surface area (Å²) in [6.45, 7) is 2.60. The van der Waals surface area contributed by atoms with Crippen LogP contribution in [0.1, 0.15) is 11.5 Å². The largest absolute Gasteiger partial charge is 0.439 e. The van der Waals surface area contributed by atoms with Crippen LogP contribution in [0.2, 0.25) is 5.02 Å². The third kappa shape index (κ3) is 2.26. The maximum atomic E-state index is 6.06. The molecule has 4 heteroatoms. The summed E-state index contributed by atoms with van der Waals surface area (Å²) in [5.74, 6) is 1.42. The van der Waals surface area contributed by atoms with E-state index >= 15 is 0 Å². The molecule has 0 fully saturated rings. The van der Waals surface area contributed by atoms with Crippen LogP contribution in [-0.2, 0) is 6.54 Å². The van der Waals surface area contributed by atoms with Crippen LogP contribution in [0, 0.1) is 6.92 Å². The molecule has 0 radical (unpaired) electrons. The second-order valence-electron chi connectivity index (χ2n) is 3.61. The SMILES string of the molecule is CNCc1ncc(-c2ccc(C)c(Cl)c2)o1. The monoisotopic (exact) mass is 236 g/mol. The maximum absolute atomic E-state index is 6.06. The first-order chi connectivity index (χ1) is 7.70. The van der Waals surface area contributed by atoms with Crippen molar-refractivity contribution in [3.63, 3.8) is 0 Å². The molecule has 0 saturated heterocycles. The van der Waals surface area contributed by atoms with Gasteiger partial charge in [-0.25, -0.2) is 4.98 Å². The standard InChI is InChI=1S/C12H13ClN2O/c1-8-3-4-9(5-10(8)13)11-6-15-12(16-11)7-14-2/h3-6,14H,7H2,1-2H3. The highest BCUT2D eigenvalue weighted by molar-refractivity contribution is 6.31. The number of halogens is 1. The molecule has 0 saturated carbocycles. The van der Waals surface area contributed by atoms with Gasteiger partial charge in [-0.2, -0.15) is 0 Å². The fraction of sp³-hybridized carbons (Fsp3) is 0.250. The minimum absolute atomic E-state index is 0.625. The number of hydrogen-bond donors (Lipinski definition) is 1. The zero-order valence-corrected chi connectivity index (χ0v) is 10.0. The van der Waals surface area contributed by atoms with Gasteiger partial charge in [-0.3, -0.25) is 0 Å². The Kier molecular flexibility index (Phi) is 3.27. The zero-order chi connectivity index (χ0) is 11.5. The van der Waals surface area contributed by atoms with Crippen LogP contribution in [-0.4, -0.2) is 12.0 Å². The summed E-state index contributed by atoms with van der Waals surface area (Å²) in [7, 11) is 1.85. The number of nitrogens with zero attached hydrogens (tertiary/aromatic N) is 1. The van der Waals surface area contributed by atoms with Crippen LogP contribution < -0.4 is 5.32 Å². The van der Waals surface area contributed by atoms with Gasteiger partial charge in [0.15, 0.2) is 5.76 Å². The lowest BCUT2D eigenvalue weighted by molar-refractivity contribution is 0.491. The molecule has 1 aromatic heterocycles. The number of aromatic nitrogens is 1. The fourth-order valence-electron chi connectivity index (χ4n) is 1.42. The molecule has 16 heavy (non-hydrogen) atoms. The topological polar surface area (TPSA) is 38.1 Å². The van der Waals surface area contributed by atoms with Crippen molar-refractivity contribution in [2.45, 2.75) is 13.5 Å². The minimum atomic E-state index is 0.625. The molecule has 0 amide bonds. The van der Waals surface area contributed by atoms with Crippen molar-refractivity contribution in [2.75, 3.05) is 7.05 Å². The molecule has 3 nitrogen and oxygen atoms in total. The van der Waals surface area contributed by atoms with Gasteiger partial charge in [0.25, 0.3) is 0 Å². The third-order valence-corrected chi connectivity index (χ3v) is 2.75. The van der Waals surface area contributed by atoms with Crippen LogP contribution in [0.4, 0.5) is 0 Å². The molecule has 0 spiro atoms. The predicted octanol–water partition coefficient (Wildman–Crippen LogP) is 3.02. The Morgan fingerprint density at radius 2 is 2.25 bits per heavy atom. The van der Waals surface area contributed by atoms with Crippen LogP contribution >= 0.6 is 11.6 Å². The first-order valence-electron chi connectivity index (χ1n) is 5.06. The van der Waals surface area contributed by atoms with Crippen molar-refractivity contribution in [3.8, 4) is 11.3 Å². The lowest BCUT2D eigenvalue weighted by Crippen LogP contribution is -2.04. The molecule has 0 bridgehead atoms. The van der Waals surface area contributed by atoms with Crippen LogP contribution in [0.3, 0.4) is 0 Å². The van der Waals surface area contributed by atoms with Gasteiger partial charge in [0.2, 0.25) is 5.89 Å². The van der Waals surface area contributed by atoms with Crippen molar-refractivity contribution in [1.29, 1.82) is 0 Å². The van der Waals surface area contributed by atoms with Gasteiger partial charge in [-0.15, -0.1) is 0 Å². The Hall–Kier alpha value is -1.32. The highest BCUT2D eigenvalue weighted by Gasteiger charge is 2.06. The molecule has 0 aliphatic rings. The summed E-state index contributed by atoms with van der Waals surface area (Å²) in [5.41, 5.74) is 2.01. The van der Waals surface area contributed by atoms with Crippen molar-refractivity contribution >= 4 is 11.6 Å². The smallest absolute Gasteiger partial charge is 0.208 e. The summed E-state index contributed by atoms with van der Waals surface area (Å²) in [6.07, 6.45) is 1.72. The molecule has 84 valence electrons. The summed E-state index contributed by atoms with van der Waals surface area (Å²) < 4.78 is 5.57. The number of rotatable bonds is 3. The predicted molar refractivity (Wildman–Crippen MR) is 64.4 cm³/mol. The average Bonchev–Trinajstić information content (AvgIpc) is 2.71. The van der Waals surface area contributed by atoms with E-state index in [1.165, 1.54) is 0 Å². The highest BCUT2D eigenvalue weighted by atomic mass is 35.5. The van der Waals surface area contributed by atoms with Gasteiger partial charge >= 0.3 is 0 Å². The molecule has 2 aromatic rings. The summed E-state index contributed by atoms with van der Waals surface area (Å²) in [4.78, 5) is 4.16. The van der Waals surface area contributed by atoms with Gasteiger partial charge < -0.3 is 9.73 Å². The Morgan fingerprint density at radius 1 is 1.44 bits per heavy atom. The molecule has 0 aliphatic carbocycles. The van der Waals surface area contributed by atoms with Gasteiger partial charge in [0, 0.05) is 10.6 Å².